The van der Waals surface area contributed by atoms with E-state index >= 15 is 0 Å². The lowest BCUT2D eigenvalue weighted by atomic mass is 9.48. The van der Waals surface area contributed by atoms with Crippen LogP contribution in [0.2, 0.25) is 0 Å². The van der Waals surface area contributed by atoms with E-state index in [1.165, 1.54) is 72.7 Å². The lowest BCUT2D eigenvalue weighted by molar-refractivity contribution is -0.145. The number of piperidine rings is 1. The van der Waals surface area contributed by atoms with Gasteiger partial charge in [-0.15, -0.1) is 0 Å². The molecule has 5 fully saturated rings. The maximum atomic E-state index is 13.5. The predicted molar refractivity (Wildman–Crippen MR) is 132 cm³/mol. The first-order valence-corrected chi connectivity index (χ1v) is 13.7. The maximum Gasteiger partial charge on any atom is 0.152 e. The van der Waals surface area contributed by atoms with Crippen LogP contribution in [-0.4, -0.2) is 36.9 Å². The van der Waals surface area contributed by atoms with Gasteiger partial charge in [0.05, 0.1) is 12.2 Å². The van der Waals surface area contributed by atoms with Crippen LogP contribution >= 0.6 is 11.9 Å². The Morgan fingerprint density at radius 2 is 1.59 bits per heavy atom. The van der Waals surface area contributed by atoms with Crippen molar-refractivity contribution in [3.63, 3.8) is 0 Å². The third-order valence-corrected chi connectivity index (χ3v) is 10.6. The number of nitrogens with zero attached hydrogens (tertiary/aromatic N) is 2. The van der Waals surface area contributed by atoms with Gasteiger partial charge in [-0.25, -0.2) is 0 Å². The van der Waals surface area contributed by atoms with Gasteiger partial charge in [0.25, 0.3) is 0 Å². The van der Waals surface area contributed by atoms with E-state index in [-0.39, 0.29) is 5.41 Å². The highest BCUT2D eigenvalue weighted by Crippen LogP contribution is 2.60. The molecular weight excluding hydrogens is 412 g/mol. The zero-order valence-corrected chi connectivity index (χ0v) is 19.8. The van der Waals surface area contributed by atoms with Crippen molar-refractivity contribution >= 4 is 34.2 Å². The minimum atomic E-state index is 0.0717. The summed E-state index contributed by atoms with van der Waals surface area (Å²) in [4.78, 5) is 17.4. The molecular formula is C28H34N2OS. The quantitative estimate of drug-likeness (QED) is 0.513. The number of benzene rings is 2. The Labute approximate surface area is 196 Å². The molecule has 1 saturated heterocycles. The van der Waals surface area contributed by atoms with Gasteiger partial charge < -0.3 is 4.31 Å². The second-order valence-electron chi connectivity index (χ2n) is 11.6. The fourth-order valence-corrected chi connectivity index (χ4v) is 9.49. The Bertz CT molecular complexity index is 1020. The van der Waals surface area contributed by atoms with Crippen molar-refractivity contribution in [3.05, 3.63) is 36.4 Å². The molecule has 4 saturated carbocycles. The molecule has 4 bridgehead atoms. The molecule has 0 amide bonds. The highest BCUT2D eigenvalue weighted by atomic mass is 32.2. The maximum absolute atomic E-state index is 13.5. The smallest absolute Gasteiger partial charge is 0.152 e. The van der Waals surface area contributed by atoms with Crippen molar-refractivity contribution in [2.24, 2.45) is 29.1 Å². The van der Waals surface area contributed by atoms with Crippen molar-refractivity contribution in [1.29, 1.82) is 0 Å². The number of carbonyl (C=O) groups excluding carboxylic acids is 1. The molecule has 2 aliphatic heterocycles. The summed E-state index contributed by atoms with van der Waals surface area (Å²) in [6.07, 6.45) is 10.3. The number of rotatable bonds is 5. The summed E-state index contributed by atoms with van der Waals surface area (Å²) in [5, 5.41) is 2.78. The molecule has 168 valence electrons. The van der Waals surface area contributed by atoms with Gasteiger partial charge in [0.2, 0.25) is 0 Å². The first-order valence-electron chi connectivity index (χ1n) is 12.9. The minimum Gasteiger partial charge on any atom is -0.311 e. The Hall–Kier alpha value is -1.52. The summed E-state index contributed by atoms with van der Waals surface area (Å²) in [5.41, 5.74) is 1.46. The predicted octanol–water partition coefficient (Wildman–Crippen LogP) is 6.16. The Kier molecular flexibility index (Phi) is 4.66. The minimum absolute atomic E-state index is 0.0717. The zero-order chi connectivity index (χ0) is 21.3. The van der Waals surface area contributed by atoms with Gasteiger partial charge in [-0.3, -0.25) is 9.69 Å². The fraction of sp³-hybridized carbons (Fsp3) is 0.607. The number of ketones is 1. The van der Waals surface area contributed by atoms with E-state index < -0.39 is 0 Å². The molecule has 2 aromatic rings. The summed E-state index contributed by atoms with van der Waals surface area (Å²) in [7, 11) is 0. The molecule has 8 rings (SSSR count). The van der Waals surface area contributed by atoms with Crippen LogP contribution in [-0.2, 0) is 4.79 Å². The highest BCUT2D eigenvalue weighted by molar-refractivity contribution is 8.01. The van der Waals surface area contributed by atoms with E-state index in [1.807, 2.05) is 11.9 Å². The van der Waals surface area contributed by atoms with Crippen molar-refractivity contribution in [2.45, 2.75) is 56.3 Å². The van der Waals surface area contributed by atoms with Gasteiger partial charge in [0.1, 0.15) is 0 Å². The molecule has 2 aromatic carbocycles. The van der Waals surface area contributed by atoms with E-state index in [4.69, 9.17) is 0 Å². The molecule has 6 aliphatic rings. The molecule has 0 atom stereocenters. The molecule has 4 heteroatoms. The van der Waals surface area contributed by atoms with Crippen LogP contribution in [0.25, 0.3) is 10.8 Å². The number of likely N-dealkylation sites (tertiary alicyclic amines) is 1. The molecule has 0 unspecified atom stereocenters. The number of carbonyl (C=O) groups is 1. The van der Waals surface area contributed by atoms with Crippen molar-refractivity contribution in [3.8, 4) is 0 Å². The van der Waals surface area contributed by atoms with E-state index in [1.54, 1.807) is 0 Å². The molecule has 4 aliphatic carbocycles. The normalized spacial score (nSPS) is 34.0. The van der Waals surface area contributed by atoms with Crippen LogP contribution in [0.15, 0.2) is 41.3 Å². The van der Waals surface area contributed by atoms with Crippen molar-refractivity contribution < 1.29 is 4.79 Å². The van der Waals surface area contributed by atoms with Crippen LogP contribution in [0.5, 0.6) is 0 Å². The SMILES string of the molecule is O=C(CN1CCC(CN2Sc3cccc4cccc2c34)CC1)C12CC3CC(CC(C3)C1)C2. The standard InChI is InChI=1S/C28H34N2OS/c31-26(28-14-20-11-21(15-28)13-22(12-20)16-28)18-29-9-7-19(8-10-29)17-30-24-5-1-3-23-4-2-6-25(32-30)27(23)24/h1-6,19-22H,7-18H2. The van der Waals surface area contributed by atoms with Gasteiger partial charge >= 0.3 is 0 Å². The molecule has 0 radical (unpaired) electrons. The Morgan fingerprint density at radius 3 is 2.28 bits per heavy atom. The topological polar surface area (TPSA) is 23.6 Å². The van der Waals surface area contributed by atoms with Gasteiger partial charge in [-0.05, 0) is 118 Å². The van der Waals surface area contributed by atoms with E-state index in [2.05, 4.69) is 45.6 Å². The highest BCUT2D eigenvalue weighted by Gasteiger charge is 2.54. The molecule has 2 heterocycles. The third kappa shape index (κ3) is 3.24. The lowest BCUT2D eigenvalue weighted by Gasteiger charge is -2.56. The average Bonchev–Trinajstić information content (AvgIpc) is 3.13. The summed E-state index contributed by atoms with van der Waals surface area (Å²) in [6, 6.07) is 13.4. The van der Waals surface area contributed by atoms with E-state index in [0.717, 1.165) is 49.9 Å². The number of anilines is 1. The number of Topliss-reactive ketones (excluding diaryl/α,β-unsaturated/α-hetero) is 1. The van der Waals surface area contributed by atoms with Gasteiger partial charge in [-0.2, -0.15) is 0 Å². The summed E-state index contributed by atoms with van der Waals surface area (Å²) in [6.45, 7) is 4.04. The van der Waals surface area contributed by atoms with Crippen LogP contribution in [0.3, 0.4) is 0 Å². The van der Waals surface area contributed by atoms with Crippen LogP contribution in [0.4, 0.5) is 5.69 Å². The van der Waals surface area contributed by atoms with E-state index in [9.17, 15) is 4.79 Å². The number of hydrogen-bond acceptors (Lipinski definition) is 4. The Morgan fingerprint density at radius 1 is 0.938 bits per heavy atom. The zero-order valence-electron chi connectivity index (χ0n) is 19.0. The first kappa shape index (κ1) is 19.9. The third-order valence-electron chi connectivity index (χ3n) is 9.45. The van der Waals surface area contributed by atoms with Gasteiger partial charge in [-0.1, -0.05) is 24.3 Å². The van der Waals surface area contributed by atoms with Crippen LogP contribution in [0.1, 0.15) is 51.4 Å². The average molecular weight is 447 g/mol. The van der Waals surface area contributed by atoms with Crippen molar-refractivity contribution in [1.82, 2.24) is 4.90 Å². The molecule has 32 heavy (non-hydrogen) atoms. The molecule has 0 aromatic heterocycles. The van der Waals surface area contributed by atoms with E-state index in [0.29, 0.717) is 5.78 Å². The second kappa shape index (κ2) is 7.50. The number of hydrogen-bond donors (Lipinski definition) is 0. The summed E-state index contributed by atoms with van der Waals surface area (Å²) >= 11 is 1.92. The monoisotopic (exact) mass is 446 g/mol. The molecule has 3 nitrogen and oxygen atoms in total. The van der Waals surface area contributed by atoms with Gasteiger partial charge in [0.15, 0.2) is 5.78 Å². The second-order valence-corrected chi connectivity index (χ2v) is 12.7. The Balaban J connectivity index is 0.969. The van der Waals surface area contributed by atoms with Crippen molar-refractivity contribution in [2.75, 3.05) is 30.5 Å². The molecule has 0 N–H and O–H groups in total. The fourth-order valence-electron chi connectivity index (χ4n) is 8.26. The van der Waals surface area contributed by atoms with Crippen LogP contribution < -0.4 is 4.31 Å². The first-order chi connectivity index (χ1) is 15.6. The largest absolute Gasteiger partial charge is 0.311 e. The summed E-state index contributed by atoms with van der Waals surface area (Å²) < 4.78 is 2.53. The summed E-state index contributed by atoms with van der Waals surface area (Å²) in [5.74, 6) is 3.91. The molecule has 0 spiro atoms. The lowest BCUT2D eigenvalue weighted by Crippen LogP contribution is -2.53. The van der Waals surface area contributed by atoms with Crippen LogP contribution in [0, 0.1) is 29.1 Å². The van der Waals surface area contributed by atoms with Gasteiger partial charge in [0, 0.05) is 22.2 Å².